The lowest BCUT2D eigenvalue weighted by Crippen LogP contribution is -2.40. The summed E-state index contributed by atoms with van der Waals surface area (Å²) in [5.74, 6) is 0. The molecular weight excluding hydrogens is 190 g/mol. The quantitative estimate of drug-likeness (QED) is 0.772. The predicted molar refractivity (Wildman–Crippen MR) is 60.0 cm³/mol. The van der Waals surface area contributed by atoms with Gasteiger partial charge in [0.1, 0.15) is 0 Å². The highest BCUT2D eigenvalue weighted by molar-refractivity contribution is 4.86. The summed E-state index contributed by atoms with van der Waals surface area (Å²) < 4.78 is 11.0. The van der Waals surface area contributed by atoms with E-state index in [9.17, 15) is 0 Å². The average molecular weight is 213 g/mol. The number of rotatable bonds is 3. The van der Waals surface area contributed by atoms with Crippen LogP contribution in [0.15, 0.2) is 0 Å². The minimum absolute atomic E-state index is 0.266. The molecule has 15 heavy (non-hydrogen) atoms. The van der Waals surface area contributed by atoms with Gasteiger partial charge >= 0.3 is 0 Å². The van der Waals surface area contributed by atoms with Crippen LogP contribution in [0.2, 0.25) is 0 Å². The van der Waals surface area contributed by atoms with E-state index in [1.54, 1.807) is 0 Å². The molecule has 88 valence electrons. The van der Waals surface area contributed by atoms with Gasteiger partial charge in [-0.1, -0.05) is 13.8 Å². The van der Waals surface area contributed by atoms with Crippen molar-refractivity contribution in [1.29, 1.82) is 0 Å². The van der Waals surface area contributed by atoms with Crippen molar-refractivity contribution in [3.05, 3.63) is 0 Å². The van der Waals surface area contributed by atoms with Gasteiger partial charge in [0.25, 0.3) is 0 Å². The molecule has 1 aliphatic carbocycles. The summed E-state index contributed by atoms with van der Waals surface area (Å²) >= 11 is 0. The highest BCUT2D eigenvalue weighted by Crippen LogP contribution is 2.36. The first kappa shape index (κ1) is 11.4. The monoisotopic (exact) mass is 213 g/mol. The van der Waals surface area contributed by atoms with Crippen molar-refractivity contribution in [3.63, 3.8) is 0 Å². The maximum atomic E-state index is 5.60. The van der Waals surface area contributed by atoms with E-state index in [-0.39, 0.29) is 6.10 Å². The molecule has 0 aromatic carbocycles. The second-order valence-electron chi connectivity index (χ2n) is 5.58. The summed E-state index contributed by atoms with van der Waals surface area (Å²) in [6, 6.07) is 0.686. The van der Waals surface area contributed by atoms with E-state index in [2.05, 4.69) is 19.2 Å². The Morgan fingerprint density at radius 2 is 2.20 bits per heavy atom. The Kier molecular flexibility index (Phi) is 3.65. The Labute approximate surface area is 92.5 Å². The average Bonchev–Trinajstić information content (AvgIpc) is 2.57. The Morgan fingerprint density at radius 3 is 2.80 bits per heavy atom. The van der Waals surface area contributed by atoms with Crippen LogP contribution < -0.4 is 5.32 Å². The van der Waals surface area contributed by atoms with Gasteiger partial charge < -0.3 is 14.8 Å². The van der Waals surface area contributed by atoms with Gasteiger partial charge in [0.05, 0.1) is 25.9 Å². The smallest absolute Gasteiger partial charge is 0.0933 e. The third-order valence-electron chi connectivity index (χ3n) is 3.49. The first-order valence-corrected chi connectivity index (χ1v) is 6.08. The van der Waals surface area contributed by atoms with E-state index in [0.29, 0.717) is 11.5 Å². The third kappa shape index (κ3) is 3.44. The van der Waals surface area contributed by atoms with Crippen molar-refractivity contribution in [2.75, 3.05) is 26.4 Å². The van der Waals surface area contributed by atoms with Gasteiger partial charge in [0.15, 0.2) is 0 Å². The molecule has 2 rings (SSSR count). The van der Waals surface area contributed by atoms with Gasteiger partial charge in [0.2, 0.25) is 0 Å². The van der Waals surface area contributed by atoms with Crippen molar-refractivity contribution in [2.45, 2.75) is 45.3 Å². The fraction of sp³-hybridized carbons (Fsp3) is 1.00. The van der Waals surface area contributed by atoms with Gasteiger partial charge in [-0.15, -0.1) is 0 Å². The minimum atomic E-state index is 0.266. The molecule has 1 N–H and O–H groups in total. The first-order valence-electron chi connectivity index (χ1n) is 6.08. The third-order valence-corrected chi connectivity index (χ3v) is 3.49. The van der Waals surface area contributed by atoms with Crippen LogP contribution in [0.3, 0.4) is 0 Å². The first-order chi connectivity index (χ1) is 7.16. The molecule has 1 aliphatic heterocycles. The molecule has 1 heterocycles. The van der Waals surface area contributed by atoms with Crippen LogP contribution in [0, 0.1) is 5.41 Å². The Hall–Kier alpha value is -0.120. The number of nitrogens with one attached hydrogen (secondary N) is 1. The zero-order valence-electron chi connectivity index (χ0n) is 9.92. The Balaban J connectivity index is 1.65. The highest BCUT2D eigenvalue weighted by Gasteiger charge is 2.30. The van der Waals surface area contributed by atoms with Crippen LogP contribution >= 0.6 is 0 Å². The maximum Gasteiger partial charge on any atom is 0.0933 e. The topological polar surface area (TPSA) is 30.5 Å². The van der Waals surface area contributed by atoms with Gasteiger partial charge in [-0.05, 0) is 24.7 Å². The Morgan fingerprint density at radius 1 is 1.33 bits per heavy atom. The van der Waals surface area contributed by atoms with E-state index in [1.807, 2.05) is 0 Å². The number of hydrogen-bond donors (Lipinski definition) is 1. The summed E-state index contributed by atoms with van der Waals surface area (Å²) in [7, 11) is 0. The van der Waals surface area contributed by atoms with Crippen molar-refractivity contribution >= 4 is 0 Å². The van der Waals surface area contributed by atoms with Crippen molar-refractivity contribution in [2.24, 2.45) is 5.41 Å². The fourth-order valence-corrected chi connectivity index (χ4v) is 2.56. The molecule has 0 radical (unpaired) electrons. The van der Waals surface area contributed by atoms with Gasteiger partial charge in [0, 0.05) is 12.6 Å². The zero-order chi connectivity index (χ0) is 10.7. The lowest BCUT2D eigenvalue weighted by Gasteiger charge is -2.25. The second-order valence-corrected chi connectivity index (χ2v) is 5.58. The second kappa shape index (κ2) is 4.81. The van der Waals surface area contributed by atoms with E-state index in [4.69, 9.17) is 9.47 Å². The highest BCUT2D eigenvalue weighted by atomic mass is 16.6. The molecule has 2 atom stereocenters. The summed E-state index contributed by atoms with van der Waals surface area (Å²) in [5, 5.41) is 3.60. The molecule has 0 aromatic heterocycles. The molecule has 3 nitrogen and oxygen atoms in total. The molecular formula is C12H23NO2. The summed E-state index contributed by atoms with van der Waals surface area (Å²) in [5.41, 5.74) is 0.529. The molecule has 0 spiro atoms. The zero-order valence-corrected chi connectivity index (χ0v) is 9.92. The van der Waals surface area contributed by atoms with Crippen molar-refractivity contribution in [3.8, 4) is 0 Å². The number of ether oxygens (including phenoxy) is 2. The molecule has 3 heteroatoms. The van der Waals surface area contributed by atoms with Crippen LogP contribution in [-0.4, -0.2) is 38.5 Å². The largest absolute Gasteiger partial charge is 0.376 e. The lowest BCUT2D eigenvalue weighted by atomic mass is 9.92. The molecule has 0 aromatic rings. The molecule has 1 saturated carbocycles. The molecule has 0 bridgehead atoms. The number of hydrogen-bond acceptors (Lipinski definition) is 3. The van der Waals surface area contributed by atoms with Gasteiger partial charge in [-0.25, -0.2) is 0 Å². The summed E-state index contributed by atoms with van der Waals surface area (Å²) in [6.07, 6.45) is 4.20. The van der Waals surface area contributed by atoms with E-state index >= 15 is 0 Å². The van der Waals surface area contributed by atoms with Crippen LogP contribution in [-0.2, 0) is 9.47 Å². The van der Waals surface area contributed by atoms with Crippen molar-refractivity contribution in [1.82, 2.24) is 5.32 Å². The van der Waals surface area contributed by atoms with E-state index < -0.39 is 0 Å². The predicted octanol–water partition coefficient (Wildman–Crippen LogP) is 1.57. The fourth-order valence-electron chi connectivity index (χ4n) is 2.56. The van der Waals surface area contributed by atoms with Gasteiger partial charge in [-0.3, -0.25) is 0 Å². The van der Waals surface area contributed by atoms with Crippen LogP contribution in [0.4, 0.5) is 0 Å². The SMILES string of the molecule is CC1(C)CCC(NCC2COCCO2)C1. The maximum absolute atomic E-state index is 5.60. The summed E-state index contributed by atoms with van der Waals surface area (Å²) in [6.45, 7) is 7.92. The van der Waals surface area contributed by atoms with Crippen molar-refractivity contribution < 1.29 is 9.47 Å². The van der Waals surface area contributed by atoms with Crippen LogP contribution in [0.25, 0.3) is 0 Å². The summed E-state index contributed by atoms with van der Waals surface area (Å²) in [4.78, 5) is 0. The Bertz CT molecular complexity index is 200. The molecule has 2 fully saturated rings. The van der Waals surface area contributed by atoms with E-state index in [1.165, 1.54) is 19.3 Å². The molecule has 2 unspecified atom stereocenters. The molecule has 1 saturated heterocycles. The minimum Gasteiger partial charge on any atom is -0.376 e. The van der Waals surface area contributed by atoms with Crippen LogP contribution in [0.1, 0.15) is 33.1 Å². The molecule has 0 amide bonds. The van der Waals surface area contributed by atoms with E-state index in [0.717, 1.165) is 26.4 Å². The standard InChI is InChI=1S/C12H23NO2/c1-12(2)4-3-10(7-12)13-8-11-9-14-5-6-15-11/h10-11,13H,3-9H2,1-2H3. The molecule has 2 aliphatic rings. The van der Waals surface area contributed by atoms with Crippen LogP contribution in [0.5, 0.6) is 0 Å². The lowest BCUT2D eigenvalue weighted by molar-refractivity contribution is -0.0870. The normalized spacial score (nSPS) is 35.6. The van der Waals surface area contributed by atoms with Gasteiger partial charge in [-0.2, -0.15) is 0 Å².